The Kier molecular flexibility index (Phi) is 7.25. The molecular formula is C25H30ClN5O. The molecule has 0 aliphatic carbocycles. The Balaban J connectivity index is 1.36. The van der Waals surface area contributed by atoms with Crippen LogP contribution in [0.15, 0.2) is 54.7 Å². The number of rotatable bonds is 7. The molecule has 1 aliphatic rings. The average molecular weight is 452 g/mol. The second-order valence-corrected chi connectivity index (χ2v) is 8.77. The number of carbonyl (C=O) groups is 1. The molecule has 0 unspecified atom stereocenters. The van der Waals surface area contributed by atoms with Gasteiger partial charge in [0.05, 0.1) is 23.1 Å². The van der Waals surface area contributed by atoms with Gasteiger partial charge in [0.1, 0.15) is 0 Å². The first-order valence-corrected chi connectivity index (χ1v) is 11.5. The molecule has 1 saturated heterocycles. The van der Waals surface area contributed by atoms with E-state index in [0.717, 1.165) is 49.7 Å². The average Bonchev–Trinajstić information content (AvgIpc) is 3.24. The number of carbonyl (C=O) groups excluding carboxylic acids is 1. The molecule has 4 rings (SSSR count). The Bertz CT molecular complexity index is 1050. The fourth-order valence-corrected chi connectivity index (χ4v) is 4.22. The summed E-state index contributed by atoms with van der Waals surface area (Å²) >= 11 is 6.12. The Hall–Kier alpha value is -2.67. The SMILES string of the molecule is CCc1c(C(=O)NCc2ccc(CN3CCN(C)CC3)cc2)cnn1-c1cccc(Cl)c1. The van der Waals surface area contributed by atoms with Crippen LogP contribution >= 0.6 is 11.6 Å². The van der Waals surface area contributed by atoms with Crippen LogP contribution in [0.3, 0.4) is 0 Å². The van der Waals surface area contributed by atoms with Crippen molar-refractivity contribution in [1.82, 2.24) is 24.9 Å². The molecule has 0 spiro atoms. The van der Waals surface area contributed by atoms with Gasteiger partial charge < -0.3 is 10.2 Å². The van der Waals surface area contributed by atoms with E-state index < -0.39 is 0 Å². The lowest BCUT2D eigenvalue weighted by Crippen LogP contribution is -2.43. The lowest BCUT2D eigenvalue weighted by Gasteiger charge is -2.32. The van der Waals surface area contributed by atoms with Crippen LogP contribution in [0.2, 0.25) is 5.02 Å². The number of aromatic nitrogens is 2. The summed E-state index contributed by atoms with van der Waals surface area (Å²) in [4.78, 5) is 17.7. The van der Waals surface area contributed by atoms with Crippen LogP contribution in [-0.2, 0) is 19.5 Å². The maximum atomic E-state index is 12.9. The van der Waals surface area contributed by atoms with Crippen molar-refractivity contribution in [3.8, 4) is 5.69 Å². The van der Waals surface area contributed by atoms with Crippen LogP contribution in [0.25, 0.3) is 5.69 Å². The fraction of sp³-hybridized carbons (Fsp3) is 0.360. The van der Waals surface area contributed by atoms with Crippen molar-refractivity contribution in [2.45, 2.75) is 26.4 Å². The van der Waals surface area contributed by atoms with Crippen LogP contribution in [0, 0.1) is 0 Å². The van der Waals surface area contributed by atoms with Crippen LogP contribution < -0.4 is 5.32 Å². The molecule has 1 aliphatic heterocycles. The maximum Gasteiger partial charge on any atom is 0.255 e. The molecule has 1 fully saturated rings. The predicted molar refractivity (Wildman–Crippen MR) is 128 cm³/mol. The molecule has 6 nitrogen and oxygen atoms in total. The van der Waals surface area contributed by atoms with Crippen molar-refractivity contribution >= 4 is 17.5 Å². The van der Waals surface area contributed by atoms with Crippen LogP contribution in [-0.4, -0.2) is 58.7 Å². The Morgan fingerprint density at radius 3 is 2.47 bits per heavy atom. The van der Waals surface area contributed by atoms with Gasteiger partial charge in [0.25, 0.3) is 5.91 Å². The molecule has 1 amide bonds. The maximum absolute atomic E-state index is 12.9. The van der Waals surface area contributed by atoms with Gasteiger partial charge in [-0.25, -0.2) is 4.68 Å². The molecule has 1 N–H and O–H groups in total. The molecule has 32 heavy (non-hydrogen) atoms. The van der Waals surface area contributed by atoms with Crippen molar-refractivity contribution in [3.63, 3.8) is 0 Å². The van der Waals surface area contributed by atoms with Crippen molar-refractivity contribution in [2.75, 3.05) is 33.2 Å². The molecule has 0 bridgehead atoms. The lowest BCUT2D eigenvalue weighted by molar-refractivity contribution is 0.0950. The minimum absolute atomic E-state index is 0.114. The normalized spacial score (nSPS) is 15.1. The molecule has 0 radical (unpaired) electrons. The van der Waals surface area contributed by atoms with Gasteiger partial charge in [0, 0.05) is 44.3 Å². The number of halogens is 1. The smallest absolute Gasteiger partial charge is 0.255 e. The molecule has 3 aromatic rings. The lowest BCUT2D eigenvalue weighted by atomic mass is 10.1. The number of likely N-dealkylation sites (N-methyl/N-ethyl adjacent to an activating group) is 1. The van der Waals surface area contributed by atoms with Crippen molar-refractivity contribution in [1.29, 1.82) is 0 Å². The van der Waals surface area contributed by atoms with E-state index in [1.54, 1.807) is 10.9 Å². The summed E-state index contributed by atoms with van der Waals surface area (Å²) in [7, 11) is 2.17. The van der Waals surface area contributed by atoms with Crippen LogP contribution in [0.4, 0.5) is 0 Å². The van der Waals surface area contributed by atoms with E-state index in [9.17, 15) is 4.79 Å². The number of nitrogens with zero attached hydrogens (tertiary/aromatic N) is 4. The molecule has 1 aromatic heterocycles. The third kappa shape index (κ3) is 5.38. The summed E-state index contributed by atoms with van der Waals surface area (Å²) in [6.07, 6.45) is 2.32. The van der Waals surface area contributed by atoms with Gasteiger partial charge in [-0.15, -0.1) is 0 Å². The summed E-state index contributed by atoms with van der Waals surface area (Å²) in [6.45, 7) is 7.94. The standard InChI is InChI=1S/C25H30ClN5O/c1-3-24-23(17-28-31(24)22-6-4-5-21(26)15-22)25(32)27-16-19-7-9-20(10-8-19)18-30-13-11-29(2)12-14-30/h4-10,15,17H,3,11-14,16,18H2,1-2H3,(H,27,32). The zero-order valence-corrected chi connectivity index (χ0v) is 19.5. The second-order valence-electron chi connectivity index (χ2n) is 8.33. The van der Waals surface area contributed by atoms with E-state index in [-0.39, 0.29) is 5.91 Å². The summed E-state index contributed by atoms with van der Waals surface area (Å²) in [6, 6.07) is 16.0. The zero-order chi connectivity index (χ0) is 22.5. The van der Waals surface area contributed by atoms with Crippen molar-refractivity contribution < 1.29 is 4.79 Å². The van der Waals surface area contributed by atoms with E-state index in [1.807, 2.05) is 31.2 Å². The highest BCUT2D eigenvalue weighted by atomic mass is 35.5. The van der Waals surface area contributed by atoms with Crippen molar-refractivity contribution in [3.05, 3.63) is 82.1 Å². The largest absolute Gasteiger partial charge is 0.348 e. The monoisotopic (exact) mass is 451 g/mol. The summed E-state index contributed by atoms with van der Waals surface area (Å²) in [5.74, 6) is -0.114. The topological polar surface area (TPSA) is 53.4 Å². The molecule has 7 heteroatoms. The van der Waals surface area contributed by atoms with E-state index in [1.165, 1.54) is 5.56 Å². The minimum atomic E-state index is -0.114. The number of piperazine rings is 1. The fourth-order valence-electron chi connectivity index (χ4n) is 4.04. The van der Waals surface area contributed by atoms with Gasteiger partial charge in [-0.05, 0) is 42.8 Å². The third-order valence-electron chi connectivity index (χ3n) is 5.98. The number of nitrogens with one attached hydrogen (secondary N) is 1. The first-order valence-electron chi connectivity index (χ1n) is 11.1. The van der Waals surface area contributed by atoms with Crippen LogP contribution in [0.1, 0.15) is 34.1 Å². The van der Waals surface area contributed by atoms with Gasteiger partial charge in [-0.1, -0.05) is 48.9 Å². The molecular weight excluding hydrogens is 422 g/mol. The quantitative estimate of drug-likeness (QED) is 0.594. The minimum Gasteiger partial charge on any atom is -0.348 e. The Morgan fingerprint density at radius 2 is 1.78 bits per heavy atom. The van der Waals surface area contributed by atoms with E-state index in [4.69, 9.17) is 11.6 Å². The molecule has 168 valence electrons. The third-order valence-corrected chi connectivity index (χ3v) is 6.21. The number of amides is 1. The van der Waals surface area contributed by atoms with Gasteiger partial charge >= 0.3 is 0 Å². The van der Waals surface area contributed by atoms with Crippen LogP contribution in [0.5, 0.6) is 0 Å². The number of benzene rings is 2. The number of hydrogen-bond donors (Lipinski definition) is 1. The highest BCUT2D eigenvalue weighted by Crippen LogP contribution is 2.19. The highest BCUT2D eigenvalue weighted by molar-refractivity contribution is 6.30. The molecule has 2 heterocycles. The molecule has 0 saturated carbocycles. The van der Waals surface area contributed by atoms with Crippen molar-refractivity contribution in [2.24, 2.45) is 0 Å². The van der Waals surface area contributed by atoms with E-state index in [0.29, 0.717) is 23.6 Å². The zero-order valence-electron chi connectivity index (χ0n) is 18.7. The van der Waals surface area contributed by atoms with Gasteiger partial charge in [0.2, 0.25) is 0 Å². The Morgan fingerprint density at radius 1 is 1.06 bits per heavy atom. The van der Waals surface area contributed by atoms with Gasteiger partial charge in [-0.2, -0.15) is 5.10 Å². The van der Waals surface area contributed by atoms with Gasteiger partial charge in [0.15, 0.2) is 0 Å². The molecule has 0 atom stereocenters. The summed E-state index contributed by atoms with van der Waals surface area (Å²) in [5.41, 5.74) is 4.71. The van der Waals surface area contributed by atoms with E-state index in [2.05, 4.69) is 51.5 Å². The summed E-state index contributed by atoms with van der Waals surface area (Å²) in [5, 5.41) is 8.11. The first-order chi connectivity index (χ1) is 15.5. The van der Waals surface area contributed by atoms with E-state index >= 15 is 0 Å². The predicted octanol–water partition coefficient (Wildman–Crippen LogP) is 3.77. The Labute approximate surface area is 194 Å². The number of hydrogen-bond acceptors (Lipinski definition) is 4. The molecule has 2 aromatic carbocycles. The van der Waals surface area contributed by atoms with Gasteiger partial charge in [-0.3, -0.25) is 9.69 Å². The highest BCUT2D eigenvalue weighted by Gasteiger charge is 2.17. The first kappa shape index (κ1) is 22.5. The summed E-state index contributed by atoms with van der Waals surface area (Å²) < 4.78 is 1.79. The second kappa shape index (κ2) is 10.3.